The second kappa shape index (κ2) is 11.1. The van der Waals surface area contributed by atoms with Crippen LogP contribution in [0.15, 0.2) is 20.8 Å². The van der Waals surface area contributed by atoms with Crippen LogP contribution in [0, 0.1) is 27.7 Å². The van der Waals surface area contributed by atoms with E-state index in [9.17, 15) is 21.6 Å². The van der Waals surface area contributed by atoms with Gasteiger partial charge in [0, 0.05) is 36.6 Å². The summed E-state index contributed by atoms with van der Waals surface area (Å²) in [4.78, 5) is 21.9. The van der Waals surface area contributed by atoms with Crippen LogP contribution in [0.5, 0.6) is 0 Å². The Morgan fingerprint density at radius 1 is 0.814 bits per heavy atom. The van der Waals surface area contributed by atoms with Gasteiger partial charge >= 0.3 is 6.09 Å². The molecule has 0 unspecified atom stereocenters. The lowest BCUT2D eigenvalue weighted by atomic mass is 10.2. The number of nitrogens with one attached hydrogen (secondary N) is 1. The maximum Gasteiger partial charge on any atom is 0.410 e. The molecule has 1 N–H and O–H groups in total. The monoisotopic (exact) mass is 668 g/mol. The third-order valence-corrected chi connectivity index (χ3v) is 12.7. The lowest BCUT2D eigenvalue weighted by Crippen LogP contribution is -2.33. The van der Waals surface area contributed by atoms with Crippen LogP contribution in [-0.4, -0.2) is 61.8 Å². The first-order valence-corrected chi connectivity index (χ1v) is 17.7. The van der Waals surface area contributed by atoms with Gasteiger partial charge in [-0.1, -0.05) is 0 Å². The van der Waals surface area contributed by atoms with Crippen LogP contribution >= 0.6 is 22.7 Å². The van der Waals surface area contributed by atoms with Crippen LogP contribution in [0.1, 0.15) is 64.7 Å². The normalized spacial score (nSPS) is 14.8. The molecule has 4 aromatic rings. The number of nitrogens with zero attached hydrogens (tertiary/aromatic N) is 7. The Morgan fingerprint density at radius 3 is 1.77 bits per heavy atom. The van der Waals surface area contributed by atoms with Gasteiger partial charge in [-0.2, -0.15) is 35.2 Å². The van der Waals surface area contributed by atoms with E-state index in [0.29, 0.717) is 40.7 Å². The number of fused-ring (bicyclic) bond motifs is 2. The minimum absolute atomic E-state index is 0.190. The molecule has 0 fully saturated rings. The highest BCUT2D eigenvalue weighted by Gasteiger charge is 2.33. The summed E-state index contributed by atoms with van der Waals surface area (Å²) in [5.41, 5.74) is 3.43. The van der Waals surface area contributed by atoms with Crippen molar-refractivity contribution in [3.63, 3.8) is 0 Å². The number of hydrogen-bond donors (Lipinski definition) is 1. The lowest BCUT2D eigenvalue weighted by Gasteiger charge is -2.24. The van der Waals surface area contributed by atoms with Crippen LogP contribution < -0.4 is 5.32 Å². The molecule has 0 aliphatic carbocycles. The fourth-order valence-corrected chi connectivity index (χ4v) is 9.97. The third kappa shape index (κ3) is 6.24. The van der Waals surface area contributed by atoms with E-state index < -0.39 is 31.7 Å². The zero-order valence-corrected chi connectivity index (χ0v) is 28.0. The number of aromatic nitrogens is 6. The van der Waals surface area contributed by atoms with Gasteiger partial charge in [-0.05, 0) is 48.5 Å². The molecule has 0 bridgehead atoms. The summed E-state index contributed by atoms with van der Waals surface area (Å²) in [6.45, 7) is 14.1. The number of ether oxygens (including phenoxy) is 1. The standard InChI is InChI=1S/C15H20N4O4S2.C10H12N4O2S2/c1-9-13(24-10(2)16-9)25(21,22)19-7-11-6-18(8-12(11)17-19)14(20)23-15(3,4)5;1-6-10(17-7(2)12-6)18(15,16)14-5-8-3-11-4-9(8)13-14/h7H,6,8H2,1-5H3;5,11H,3-4H2,1-2H3. The number of amides is 1. The summed E-state index contributed by atoms with van der Waals surface area (Å²) in [7, 11) is -7.36. The van der Waals surface area contributed by atoms with E-state index in [4.69, 9.17) is 4.74 Å². The molecule has 0 saturated heterocycles. The Hall–Kier alpha value is -3.19. The zero-order chi connectivity index (χ0) is 31.5. The molecular formula is C25H32N8O6S4. The van der Waals surface area contributed by atoms with Crippen molar-refractivity contribution in [1.29, 1.82) is 0 Å². The molecule has 43 heavy (non-hydrogen) atoms. The third-order valence-electron chi connectivity index (χ3n) is 6.36. The minimum atomic E-state index is -3.77. The van der Waals surface area contributed by atoms with E-state index in [-0.39, 0.29) is 21.5 Å². The smallest absolute Gasteiger partial charge is 0.410 e. The predicted octanol–water partition coefficient (Wildman–Crippen LogP) is 3.24. The minimum Gasteiger partial charge on any atom is -0.444 e. The number of hydrogen-bond acceptors (Lipinski definition) is 13. The van der Waals surface area contributed by atoms with Crippen LogP contribution in [0.3, 0.4) is 0 Å². The van der Waals surface area contributed by atoms with Crippen molar-refractivity contribution < 1.29 is 26.4 Å². The van der Waals surface area contributed by atoms with Crippen molar-refractivity contribution in [3.8, 4) is 0 Å². The Balaban J connectivity index is 0.000000180. The van der Waals surface area contributed by atoms with E-state index in [1.807, 2.05) is 0 Å². The summed E-state index contributed by atoms with van der Waals surface area (Å²) in [6.07, 6.45) is 2.61. The quantitative estimate of drug-likeness (QED) is 0.339. The summed E-state index contributed by atoms with van der Waals surface area (Å²) in [5, 5.41) is 12.9. The van der Waals surface area contributed by atoms with Crippen molar-refractivity contribution in [3.05, 3.63) is 56.3 Å². The van der Waals surface area contributed by atoms with Gasteiger partial charge in [0.1, 0.15) is 5.60 Å². The number of aryl methyl sites for hydroxylation is 4. The number of rotatable bonds is 4. The second-order valence-corrected chi connectivity index (χ2v) is 17.5. The summed E-state index contributed by atoms with van der Waals surface area (Å²) in [6, 6.07) is 0. The van der Waals surface area contributed by atoms with Gasteiger partial charge in [0.2, 0.25) is 0 Å². The Morgan fingerprint density at radius 2 is 1.33 bits per heavy atom. The molecule has 0 atom stereocenters. The molecule has 2 aliphatic heterocycles. The molecule has 0 spiro atoms. The fourth-order valence-electron chi connectivity index (χ4n) is 4.54. The predicted molar refractivity (Wildman–Crippen MR) is 159 cm³/mol. The highest BCUT2D eigenvalue weighted by Crippen LogP contribution is 2.29. The highest BCUT2D eigenvalue weighted by atomic mass is 32.3. The topological polar surface area (TPSA) is 171 Å². The maximum absolute atomic E-state index is 12.7. The van der Waals surface area contributed by atoms with Gasteiger partial charge in [0.15, 0.2) is 8.42 Å². The molecule has 1 amide bonds. The number of carbonyl (C=O) groups is 1. The van der Waals surface area contributed by atoms with Crippen LogP contribution in [0.4, 0.5) is 4.79 Å². The molecule has 6 rings (SSSR count). The van der Waals surface area contributed by atoms with E-state index in [2.05, 4.69) is 25.5 Å². The molecule has 232 valence electrons. The van der Waals surface area contributed by atoms with Gasteiger partial charge < -0.3 is 10.1 Å². The Labute approximate surface area is 257 Å². The van der Waals surface area contributed by atoms with E-state index in [1.54, 1.807) is 54.7 Å². The second-order valence-electron chi connectivity index (χ2n) is 11.1. The highest BCUT2D eigenvalue weighted by molar-refractivity contribution is 7.92. The van der Waals surface area contributed by atoms with Crippen molar-refractivity contribution in [2.75, 3.05) is 0 Å². The SMILES string of the molecule is Cc1nc(C)c(S(=O)(=O)n2cc3c(n2)CN(C(=O)OC(C)(C)C)C3)s1.Cc1nc(C)c(S(=O)(=O)n2cc3c(n2)CNC3)s1. The van der Waals surface area contributed by atoms with E-state index in [0.717, 1.165) is 35.8 Å². The van der Waals surface area contributed by atoms with Crippen molar-refractivity contribution in [1.82, 2.24) is 38.6 Å². The number of thiazole rings is 2. The van der Waals surface area contributed by atoms with Crippen molar-refractivity contribution >= 4 is 48.8 Å². The first kappa shape index (κ1) is 31.2. The van der Waals surface area contributed by atoms with Crippen LogP contribution in [0.25, 0.3) is 0 Å². The van der Waals surface area contributed by atoms with Crippen molar-refractivity contribution in [2.45, 2.75) is 88.7 Å². The van der Waals surface area contributed by atoms with Gasteiger partial charge in [0.05, 0.1) is 45.9 Å². The first-order valence-electron chi connectivity index (χ1n) is 13.2. The summed E-state index contributed by atoms with van der Waals surface area (Å²) < 4.78 is 58.2. The van der Waals surface area contributed by atoms with Gasteiger partial charge in [0.25, 0.3) is 20.0 Å². The van der Waals surface area contributed by atoms with Crippen LogP contribution in [-0.2, 0) is 51.0 Å². The van der Waals surface area contributed by atoms with Crippen LogP contribution in [0.2, 0.25) is 0 Å². The Bertz CT molecular complexity index is 1880. The summed E-state index contributed by atoms with van der Waals surface area (Å²) >= 11 is 2.31. The van der Waals surface area contributed by atoms with E-state index in [1.165, 1.54) is 22.4 Å². The number of carbonyl (C=O) groups excluding carboxylic acids is 1. The fraction of sp³-hybridized carbons (Fsp3) is 0.480. The van der Waals surface area contributed by atoms with Gasteiger partial charge in [-0.25, -0.2) is 14.8 Å². The molecule has 4 aromatic heterocycles. The molecule has 0 radical (unpaired) electrons. The average molecular weight is 669 g/mol. The molecule has 18 heteroatoms. The molecule has 0 saturated carbocycles. The Kier molecular flexibility index (Phi) is 8.04. The molecule has 14 nitrogen and oxygen atoms in total. The maximum atomic E-state index is 12.7. The molecule has 0 aromatic carbocycles. The molecule has 6 heterocycles. The van der Waals surface area contributed by atoms with Gasteiger partial charge in [-0.15, -0.1) is 22.7 Å². The van der Waals surface area contributed by atoms with Gasteiger partial charge in [-0.3, -0.25) is 4.90 Å². The summed E-state index contributed by atoms with van der Waals surface area (Å²) in [5.74, 6) is 0. The van der Waals surface area contributed by atoms with E-state index >= 15 is 0 Å². The lowest BCUT2D eigenvalue weighted by molar-refractivity contribution is 0.0239. The zero-order valence-electron chi connectivity index (χ0n) is 24.7. The molecule has 2 aliphatic rings. The van der Waals surface area contributed by atoms with Crippen molar-refractivity contribution in [2.24, 2.45) is 0 Å². The first-order chi connectivity index (χ1) is 20.0. The average Bonchev–Trinajstić information content (AvgIpc) is 3.68. The molecular weight excluding hydrogens is 637 g/mol. The largest absolute Gasteiger partial charge is 0.444 e.